The van der Waals surface area contributed by atoms with Gasteiger partial charge in [-0.3, -0.25) is 9.97 Å². The summed E-state index contributed by atoms with van der Waals surface area (Å²) in [6.07, 6.45) is 3.54. The third-order valence-electron chi connectivity index (χ3n) is 1.59. The first-order chi connectivity index (χ1) is 7.97. The standard InChI is InChI=1S/C10H8N2.CHF3S.Cu/c1-3-7-11-9(5-1)10-6-2-4-8-12-10;2-1(3,4)5;/h1-8H;5H;/q;;+1/p-1. The van der Waals surface area contributed by atoms with E-state index in [1.807, 2.05) is 36.4 Å². The molecule has 0 N–H and O–H groups in total. The second-order valence-electron chi connectivity index (χ2n) is 2.88. The molecular weight excluding hydrogens is 313 g/mol. The SMILES string of the molecule is FC(F)(F)[S-].[Cu+].c1ccc(-c2ccccn2)nc1. The minimum absolute atomic E-state index is 0. The van der Waals surface area contributed by atoms with Crippen LogP contribution in [0.15, 0.2) is 48.8 Å². The summed E-state index contributed by atoms with van der Waals surface area (Å²) in [7, 11) is 0. The predicted molar refractivity (Wildman–Crippen MR) is 60.9 cm³/mol. The monoisotopic (exact) mass is 320 g/mol. The molecule has 100 valence electrons. The molecular formula is C11H8CuF3N2S. The van der Waals surface area contributed by atoms with Crippen LogP contribution in [0.2, 0.25) is 0 Å². The summed E-state index contributed by atoms with van der Waals surface area (Å²) in [6, 6.07) is 11.6. The molecule has 2 aromatic heterocycles. The fourth-order valence-electron chi connectivity index (χ4n) is 1.03. The Morgan fingerprint density at radius 3 is 1.39 bits per heavy atom. The molecule has 0 aliphatic carbocycles. The van der Waals surface area contributed by atoms with Crippen LogP contribution in [0.5, 0.6) is 0 Å². The van der Waals surface area contributed by atoms with E-state index in [0.29, 0.717) is 0 Å². The predicted octanol–water partition coefficient (Wildman–Crippen LogP) is 3.19. The maximum absolute atomic E-state index is 10.2. The van der Waals surface area contributed by atoms with Gasteiger partial charge in [-0.1, -0.05) is 12.1 Å². The Bertz CT molecular complexity index is 394. The van der Waals surface area contributed by atoms with Crippen LogP contribution in [0.1, 0.15) is 0 Å². The number of hydrogen-bond donors (Lipinski definition) is 0. The van der Waals surface area contributed by atoms with Crippen molar-refractivity contribution in [3.63, 3.8) is 0 Å². The van der Waals surface area contributed by atoms with Crippen molar-refractivity contribution < 1.29 is 30.2 Å². The second-order valence-corrected chi connectivity index (χ2v) is 3.34. The van der Waals surface area contributed by atoms with Gasteiger partial charge in [-0.25, -0.2) is 0 Å². The molecule has 0 spiro atoms. The van der Waals surface area contributed by atoms with Crippen LogP contribution in [-0.4, -0.2) is 15.5 Å². The van der Waals surface area contributed by atoms with Gasteiger partial charge in [0.1, 0.15) is 0 Å². The number of nitrogens with zero attached hydrogens (tertiary/aromatic N) is 2. The van der Waals surface area contributed by atoms with E-state index in [1.165, 1.54) is 0 Å². The Hall–Kier alpha value is -1.04. The van der Waals surface area contributed by atoms with Crippen molar-refractivity contribution in [3.8, 4) is 11.4 Å². The van der Waals surface area contributed by atoms with E-state index >= 15 is 0 Å². The van der Waals surface area contributed by atoms with Crippen molar-refractivity contribution in [1.29, 1.82) is 0 Å². The smallest absolute Gasteiger partial charge is 0.680 e. The maximum Gasteiger partial charge on any atom is 1.00 e. The molecule has 0 radical (unpaired) electrons. The molecule has 18 heavy (non-hydrogen) atoms. The first-order valence-electron chi connectivity index (χ1n) is 4.56. The summed E-state index contributed by atoms with van der Waals surface area (Å²) < 4.78 is 30.5. The quantitative estimate of drug-likeness (QED) is 0.596. The fraction of sp³-hybridized carbons (Fsp3) is 0.0909. The van der Waals surface area contributed by atoms with Gasteiger partial charge in [0.25, 0.3) is 5.51 Å². The van der Waals surface area contributed by atoms with Crippen LogP contribution in [0.4, 0.5) is 13.2 Å². The van der Waals surface area contributed by atoms with Crippen LogP contribution in [0, 0.1) is 0 Å². The van der Waals surface area contributed by atoms with E-state index in [4.69, 9.17) is 0 Å². The summed E-state index contributed by atoms with van der Waals surface area (Å²) in [5.41, 5.74) is -2.59. The van der Waals surface area contributed by atoms with Crippen molar-refractivity contribution in [1.82, 2.24) is 9.97 Å². The summed E-state index contributed by atoms with van der Waals surface area (Å²) in [6.45, 7) is 0. The number of halogens is 3. The van der Waals surface area contributed by atoms with E-state index in [9.17, 15) is 13.2 Å². The molecule has 0 amide bonds. The minimum Gasteiger partial charge on any atom is -0.680 e. The molecule has 0 aliphatic rings. The van der Waals surface area contributed by atoms with E-state index in [-0.39, 0.29) is 17.1 Å². The molecule has 7 heteroatoms. The Kier molecular flexibility index (Phi) is 7.66. The molecule has 2 rings (SSSR count). The zero-order chi connectivity index (χ0) is 12.7. The first kappa shape index (κ1) is 17.0. The molecule has 0 bridgehead atoms. The number of alkyl halides is 3. The van der Waals surface area contributed by atoms with Gasteiger partial charge in [0.05, 0.1) is 11.4 Å². The zero-order valence-electron chi connectivity index (χ0n) is 8.86. The second kappa shape index (κ2) is 8.13. The van der Waals surface area contributed by atoms with Crippen molar-refractivity contribution in [2.24, 2.45) is 0 Å². The minimum atomic E-state index is -4.42. The van der Waals surface area contributed by atoms with Gasteiger partial charge in [0, 0.05) is 12.4 Å². The topological polar surface area (TPSA) is 25.8 Å². The summed E-state index contributed by atoms with van der Waals surface area (Å²) in [4.78, 5) is 8.37. The molecule has 0 saturated carbocycles. The Morgan fingerprint density at radius 2 is 1.17 bits per heavy atom. The number of rotatable bonds is 1. The van der Waals surface area contributed by atoms with Gasteiger partial charge in [-0.15, -0.1) is 0 Å². The van der Waals surface area contributed by atoms with Crippen LogP contribution in [-0.2, 0) is 29.7 Å². The fourth-order valence-corrected chi connectivity index (χ4v) is 1.03. The van der Waals surface area contributed by atoms with Gasteiger partial charge < -0.3 is 12.6 Å². The molecule has 2 heterocycles. The molecule has 0 saturated heterocycles. The van der Waals surface area contributed by atoms with Crippen molar-refractivity contribution in [2.75, 3.05) is 0 Å². The van der Waals surface area contributed by atoms with Crippen molar-refractivity contribution in [2.45, 2.75) is 5.51 Å². The molecule has 0 unspecified atom stereocenters. The normalized spacial score (nSPS) is 9.78. The number of pyridine rings is 2. The van der Waals surface area contributed by atoms with Crippen LogP contribution in [0.25, 0.3) is 11.4 Å². The Labute approximate surface area is 119 Å². The zero-order valence-corrected chi connectivity index (χ0v) is 10.6. The number of hydrogen-bond acceptors (Lipinski definition) is 3. The van der Waals surface area contributed by atoms with Gasteiger partial charge in [0.15, 0.2) is 0 Å². The average Bonchev–Trinajstić information content (AvgIpc) is 2.29. The summed E-state index contributed by atoms with van der Waals surface area (Å²) in [5.74, 6) is 0. The van der Waals surface area contributed by atoms with E-state index in [1.54, 1.807) is 12.4 Å². The largest absolute Gasteiger partial charge is 1.00 e. The molecule has 2 nitrogen and oxygen atoms in total. The number of aromatic nitrogens is 2. The first-order valence-corrected chi connectivity index (χ1v) is 4.97. The van der Waals surface area contributed by atoms with Gasteiger partial charge in [-0.2, -0.15) is 13.2 Å². The third kappa shape index (κ3) is 8.11. The van der Waals surface area contributed by atoms with Gasteiger partial charge in [-0.05, 0) is 24.3 Å². The maximum atomic E-state index is 10.2. The van der Waals surface area contributed by atoms with E-state index in [2.05, 4.69) is 22.6 Å². The van der Waals surface area contributed by atoms with E-state index < -0.39 is 5.51 Å². The van der Waals surface area contributed by atoms with Gasteiger partial charge >= 0.3 is 17.1 Å². The van der Waals surface area contributed by atoms with Crippen molar-refractivity contribution in [3.05, 3.63) is 48.8 Å². The van der Waals surface area contributed by atoms with E-state index in [0.717, 1.165) is 11.4 Å². The molecule has 2 aromatic rings. The van der Waals surface area contributed by atoms with Crippen molar-refractivity contribution >= 4 is 12.6 Å². The summed E-state index contributed by atoms with van der Waals surface area (Å²) in [5, 5.41) is 0. The Morgan fingerprint density at radius 1 is 0.833 bits per heavy atom. The van der Waals surface area contributed by atoms with Crippen LogP contribution >= 0.6 is 0 Å². The molecule has 0 aromatic carbocycles. The van der Waals surface area contributed by atoms with Gasteiger partial charge in [0.2, 0.25) is 0 Å². The third-order valence-corrected chi connectivity index (χ3v) is 1.59. The molecule has 0 aliphatic heterocycles. The average molecular weight is 321 g/mol. The Balaban J connectivity index is 0.000000421. The summed E-state index contributed by atoms with van der Waals surface area (Å²) >= 11 is 2.83. The van der Waals surface area contributed by atoms with Crippen LogP contribution in [0.3, 0.4) is 0 Å². The molecule has 0 fully saturated rings. The molecule has 0 atom stereocenters. The van der Waals surface area contributed by atoms with Crippen LogP contribution < -0.4 is 0 Å².